The molecular weight excluding hydrogens is 350 g/mol. The van der Waals surface area contributed by atoms with Crippen LogP contribution in [0.25, 0.3) is 21.3 Å². The Hall–Kier alpha value is -2.51. The normalized spacial score (nSPS) is 10.9. The zero-order valence-electron chi connectivity index (χ0n) is 15.0. The van der Waals surface area contributed by atoms with E-state index in [4.69, 9.17) is 9.47 Å². The first-order valence-corrected chi connectivity index (χ1v) is 9.16. The molecule has 26 heavy (non-hydrogen) atoms. The number of methoxy groups -OCH3 is 1. The van der Waals surface area contributed by atoms with E-state index in [1.165, 1.54) is 18.2 Å². The Morgan fingerprint density at radius 3 is 2.85 bits per heavy atom. The first-order chi connectivity index (χ1) is 12.6. The van der Waals surface area contributed by atoms with Crippen LogP contribution in [0, 0.1) is 13.8 Å². The van der Waals surface area contributed by atoms with Gasteiger partial charge < -0.3 is 14.8 Å². The second-order valence-electron chi connectivity index (χ2n) is 5.93. The third-order valence-corrected chi connectivity index (χ3v) is 4.99. The van der Waals surface area contributed by atoms with Crippen molar-refractivity contribution < 1.29 is 14.3 Å². The highest BCUT2D eigenvalue weighted by molar-refractivity contribution is 7.17. The van der Waals surface area contributed by atoms with Crippen molar-refractivity contribution >= 4 is 33.3 Å². The fraction of sp³-hybridized carbons (Fsp3) is 0.316. The number of thiophene rings is 1. The topological polar surface area (TPSA) is 73.3 Å². The van der Waals surface area contributed by atoms with Crippen molar-refractivity contribution in [1.29, 1.82) is 0 Å². The number of ether oxygens (including phenoxy) is 2. The number of carbonyl (C=O) groups excluding carboxylic acids is 1. The standard InChI is InChI=1S/C19H21N3O3S/c1-12-4-5-14(8-13(12)2)15-10-26-19-17(15)18(21-11-22-19)20-6-7-25-16(23)9-24-3/h4-5,8,10-11H,6-7,9H2,1-3H3,(H,20,21,22). The Morgan fingerprint density at radius 1 is 1.23 bits per heavy atom. The third-order valence-electron chi connectivity index (χ3n) is 4.11. The Kier molecular flexibility index (Phi) is 5.80. The summed E-state index contributed by atoms with van der Waals surface area (Å²) >= 11 is 1.59. The molecule has 0 saturated carbocycles. The highest BCUT2D eigenvalue weighted by Crippen LogP contribution is 2.36. The van der Waals surface area contributed by atoms with Crippen LogP contribution < -0.4 is 5.32 Å². The summed E-state index contributed by atoms with van der Waals surface area (Å²) in [7, 11) is 1.46. The summed E-state index contributed by atoms with van der Waals surface area (Å²) in [6, 6.07) is 6.42. The maximum absolute atomic E-state index is 11.3. The van der Waals surface area contributed by atoms with Crippen LogP contribution in [0.2, 0.25) is 0 Å². The number of aromatic nitrogens is 2. The van der Waals surface area contributed by atoms with E-state index in [-0.39, 0.29) is 19.2 Å². The van der Waals surface area contributed by atoms with Gasteiger partial charge in [-0.05, 0) is 30.5 Å². The number of esters is 1. The van der Waals surface area contributed by atoms with Gasteiger partial charge in [0.25, 0.3) is 0 Å². The molecule has 0 fully saturated rings. The lowest BCUT2D eigenvalue weighted by Crippen LogP contribution is -2.17. The number of nitrogens with one attached hydrogen (secondary N) is 1. The largest absolute Gasteiger partial charge is 0.462 e. The molecule has 2 heterocycles. The van der Waals surface area contributed by atoms with Crippen LogP contribution in [0.3, 0.4) is 0 Å². The molecule has 0 aliphatic heterocycles. The fourth-order valence-electron chi connectivity index (χ4n) is 2.62. The smallest absolute Gasteiger partial charge is 0.332 e. The fourth-order valence-corrected chi connectivity index (χ4v) is 3.54. The van der Waals surface area contributed by atoms with Gasteiger partial charge in [-0.15, -0.1) is 11.3 Å². The number of rotatable bonds is 7. The van der Waals surface area contributed by atoms with Gasteiger partial charge in [-0.1, -0.05) is 18.2 Å². The molecule has 3 rings (SSSR count). The maximum atomic E-state index is 11.3. The summed E-state index contributed by atoms with van der Waals surface area (Å²) in [5.74, 6) is 0.362. The zero-order chi connectivity index (χ0) is 18.5. The van der Waals surface area contributed by atoms with E-state index >= 15 is 0 Å². The Bertz CT molecular complexity index is 924. The van der Waals surface area contributed by atoms with Crippen LogP contribution in [-0.4, -0.2) is 42.8 Å². The Morgan fingerprint density at radius 2 is 2.08 bits per heavy atom. The number of anilines is 1. The summed E-state index contributed by atoms with van der Waals surface area (Å²) in [5, 5.41) is 6.34. The van der Waals surface area contributed by atoms with E-state index < -0.39 is 0 Å². The van der Waals surface area contributed by atoms with E-state index in [0.717, 1.165) is 27.2 Å². The highest BCUT2D eigenvalue weighted by atomic mass is 32.1. The van der Waals surface area contributed by atoms with E-state index in [0.29, 0.717) is 6.54 Å². The molecule has 7 heteroatoms. The molecule has 0 bridgehead atoms. The van der Waals surface area contributed by atoms with Gasteiger partial charge in [-0.2, -0.15) is 0 Å². The van der Waals surface area contributed by atoms with Gasteiger partial charge in [0, 0.05) is 18.1 Å². The summed E-state index contributed by atoms with van der Waals surface area (Å²) in [5.41, 5.74) is 4.76. The van der Waals surface area contributed by atoms with E-state index in [9.17, 15) is 4.79 Å². The van der Waals surface area contributed by atoms with Crippen LogP contribution in [0.15, 0.2) is 29.9 Å². The van der Waals surface area contributed by atoms with Gasteiger partial charge in [-0.3, -0.25) is 0 Å². The van der Waals surface area contributed by atoms with E-state index in [2.05, 4.69) is 52.7 Å². The van der Waals surface area contributed by atoms with Crippen LogP contribution in [0.5, 0.6) is 0 Å². The monoisotopic (exact) mass is 371 g/mol. The van der Waals surface area contributed by atoms with Crippen molar-refractivity contribution in [2.45, 2.75) is 13.8 Å². The third kappa shape index (κ3) is 4.00. The Labute approximate surface area is 156 Å². The summed E-state index contributed by atoms with van der Waals surface area (Å²) in [4.78, 5) is 21.0. The first-order valence-electron chi connectivity index (χ1n) is 8.28. The number of hydrogen-bond donors (Lipinski definition) is 1. The average Bonchev–Trinajstić information content (AvgIpc) is 3.06. The molecule has 3 aromatic rings. The van der Waals surface area contributed by atoms with Crippen molar-refractivity contribution in [3.8, 4) is 11.1 Å². The molecule has 1 aromatic carbocycles. The number of hydrogen-bond acceptors (Lipinski definition) is 7. The van der Waals surface area contributed by atoms with Gasteiger partial charge in [-0.25, -0.2) is 14.8 Å². The SMILES string of the molecule is COCC(=O)OCCNc1ncnc2scc(-c3ccc(C)c(C)c3)c12. The second-order valence-corrected chi connectivity index (χ2v) is 6.79. The lowest BCUT2D eigenvalue weighted by molar-refractivity contribution is -0.147. The predicted octanol–water partition coefficient (Wildman–Crippen LogP) is 3.58. The van der Waals surface area contributed by atoms with Gasteiger partial charge in [0.05, 0.1) is 11.9 Å². The summed E-state index contributed by atoms with van der Waals surface area (Å²) in [6.07, 6.45) is 1.54. The molecule has 0 saturated heterocycles. The molecule has 136 valence electrons. The number of benzene rings is 1. The first kappa shape index (κ1) is 18.3. The van der Waals surface area contributed by atoms with Gasteiger partial charge in [0.15, 0.2) is 0 Å². The van der Waals surface area contributed by atoms with E-state index in [1.807, 2.05) is 0 Å². The molecule has 0 unspecified atom stereocenters. The average molecular weight is 371 g/mol. The summed E-state index contributed by atoms with van der Waals surface area (Å²) < 4.78 is 9.81. The zero-order valence-corrected chi connectivity index (χ0v) is 15.9. The van der Waals surface area contributed by atoms with Crippen molar-refractivity contribution in [2.24, 2.45) is 0 Å². The van der Waals surface area contributed by atoms with Crippen LogP contribution in [0.1, 0.15) is 11.1 Å². The minimum absolute atomic E-state index is 0.0425. The lowest BCUT2D eigenvalue weighted by atomic mass is 10.0. The van der Waals surface area contributed by atoms with Gasteiger partial charge in [0.1, 0.15) is 30.2 Å². The second kappa shape index (κ2) is 8.25. The van der Waals surface area contributed by atoms with Crippen LogP contribution in [0.4, 0.5) is 5.82 Å². The molecule has 0 amide bonds. The molecule has 0 atom stereocenters. The van der Waals surface area contributed by atoms with Crippen molar-refractivity contribution in [1.82, 2.24) is 9.97 Å². The molecule has 2 aromatic heterocycles. The van der Waals surface area contributed by atoms with Crippen molar-refractivity contribution in [3.05, 3.63) is 41.0 Å². The van der Waals surface area contributed by atoms with Crippen LogP contribution in [-0.2, 0) is 14.3 Å². The molecule has 1 N–H and O–H groups in total. The quantitative estimate of drug-likeness (QED) is 0.505. The molecule has 6 nitrogen and oxygen atoms in total. The van der Waals surface area contributed by atoms with Gasteiger partial charge >= 0.3 is 5.97 Å². The van der Waals surface area contributed by atoms with E-state index in [1.54, 1.807) is 17.7 Å². The molecule has 0 aliphatic carbocycles. The van der Waals surface area contributed by atoms with Gasteiger partial charge in [0.2, 0.25) is 0 Å². The molecule has 0 aliphatic rings. The number of carbonyl (C=O) groups is 1. The molecule has 0 spiro atoms. The maximum Gasteiger partial charge on any atom is 0.332 e. The number of nitrogens with zero attached hydrogens (tertiary/aromatic N) is 2. The predicted molar refractivity (Wildman–Crippen MR) is 104 cm³/mol. The minimum Gasteiger partial charge on any atom is -0.462 e. The summed E-state index contributed by atoms with van der Waals surface area (Å²) in [6.45, 7) is 4.88. The molecular formula is C19H21N3O3S. The number of fused-ring (bicyclic) bond motifs is 1. The minimum atomic E-state index is -0.381. The highest BCUT2D eigenvalue weighted by Gasteiger charge is 2.13. The van der Waals surface area contributed by atoms with Crippen molar-refractivity contribution in [2.75, 3.05) is 32.2 Å². The van der Waals surface area contributed by atoms with Crippen LogP contribution >= 0.6 is 11.3 Å². The van der Waals surface area contributed by atoms with Crippen molar-refractivity contribution in [3.63, 3.8) is 0 Å². The lowest BCUT2D eigenvalue weighted by Gasteiger charge is -2.10. The number of aryl methyl sites for hydroxylation is 2. The molecule has 0 radical (unpaired) electrons. The Balaban J connectivity index is 1.81.